The van der Waals surface area contributed by atoms with Crippen LogP contribution in [0.1, 0.15) is 25.7 Å². The lowest BCUT2D eigenvalue weighted by molar-refractivity contribution is 0.147. The third-order valence-electron chi connectivity index (χ3n) is 2.36. The molecule has 0 amide bonds. The Morgan fingerprint density at radius 2 is 2.33 bits per heavy atom. The Hall–Kier alpha value is -0.460. The normalized spacial score (nSPS) is 40.7. The van der Waals surface area contributed by atoms with E-state index in [1.807, 2.05) is 0 Å². The van der Waals surface area contributed by atoms with E-state index >= 15 is 0 Å². The van der Waals surface area contributed by atoms with Crippen LogP contribution in [-0.2, 0) is 4.74 Å². The molecule has 1 heteroatoms. The van der Waals surface area contributed by atoms with Crippen LogP contribution in [0.2, 0.25) is 0 Å². The molecule has 0 aromatic heterocycles. The van der Waals surface area contributed by atoms with E-state index in [0.717, 1.165) is 18.1 Å². The number of ether oxygens (including phenoxy) is 1. The molecule has 0 N–H and O–H groups in total. The summed E-state index contributed by atoms with van der Waals surface area (Å²) in [5, 5.41) is 0. The zero-order chi connectivity index (χ0) is 6.27. The molecule has 2 unspecified atom stereocenters. The van der Waals surface area contributed by atoms with Crippen molar-refractivity contribution in [2.24, 2.45) is 5.92 Å². The summed E-state index contributed by atoms with van der Waals surface area (Å²) in [7, 11) is 0. The maximum Gasteiger partial charge on any atom is 0.0970 e. The second kappa shape index (κ2) is 1.76. The van der Waals surface area contributed by atoms with E-state index in [1.165, 1.54) is 19.3 Å². The Kier molecular flexibility index (Phi) is 1.04. The summed E-state index contributed by atoms with van der Waals surface area (Å²) in [6.07, 6.45) is 5.40. The van der Waals surface area contributed by atoms with Gasteiger partial charge in [0.15, 0.2) is 0 Å². The van der Waals surface area contributed by atoms with E-state index in [4.69, 9.17) is 11.3 Å². The first-order valence-corrected chi connectivity index (χ1v) is 3.64. The predicted molar refractivity (Wildman–Crippen MR) is 34.6 cm³/mol. The quantitative estimate of drug-likeness (QED) is 0.447. The van der Waals surface area contributed by atoms with Gasteiger partial charge in [-0.25, -0.2) is 0 Å². The molecule has 2 fully saturated rings. The van der Waals surface area contributed by atoms with Gasteiger partial charge in [0.2, 0.25) is 0 Å². The molecule has 1 aliphatic heterocycles. The van der Waals surface area contributed by atoms with Gasteiger partial charge in [0, 0.05) is 0 Å². The summed E-state index contributed by atoms with van der Waals surface area (Å²) in [5.74, 6) is 1.54. The highest BCUT2D eigenvalue weighted by Crippen LogP contribution is 2.39. The molecule has 0 radical (unpaired) electrons. The molecule has 50 valence electrons. The fourth-order valence-electron chi connectivity index (χ4n) is 1.89. The Balaban J connectivity index is 2.09. The van der Waals surface area contributed by atoms with E-state index in [1.54, 1.807) is 0 Å². The fraction of sp³-hybridized carbons (Fsp3) is 0.750. The van der Waals surface area contributed by atoms with Crippen molar-refractivity contribution in [1.82, 2.24) is 0 Å². The summed E-state index contributed by atoms with van der Waals surface area (Å²) < 4.78 is 5.38. The minimum Gasteiger partial charge on any atom is -0.531 e. The number of rotatable bonds is 0. The van der Waals surface area contributed by atoms with Crippen LogP contribution in [0.15, 0.2) is 5.76 Å². The molecule has 0 spiro atoms. The fourth-order valence-corrected chi connectivity index (χ4v) is 1.89. The average Bonchev–Trinajstić information content (AvgIpc) is 2.22. The minimum absolute atomic E-state index is 0.491. The third-order valence-corrected chi connectivity index (χ3v) is 2.36. The van der Waals surface area contributed by atoms with Crippen LogP contribution in [0.3, 0.4) is 0 Å². The Morgan fingerprint density at radius 3 is 3.11 bits per heavy atom. The highest BCUT2D eigenvalue weighted by molar-refractivity contribution is 4.97. The number of fused-ring (bicyclic) bond motifs is 1. The van der Waals surface area contributed by atoms with Gasteiger partial charge >= 0.3 is 0 Å². The zero-order valence-electron chi connectivity index (χ0n) is 5.47. The van der Waals surface area contributed by atoms with E-state index in [2.05, 4.69) is 0 Å². The van der Waals surface area contributed by atoms with E-state index in [9.17, 15) is 0 Å². The Morgan fingerprint density at radius 1 is 1.44 bits per heavy atom. The van der Waals surface area contributed by atoms with Gasteiger partial charge in [-0.05, 0) is 31.6 Å². The second-order valence-corrected chi connectivity index (χ2v) is 3.02. The standard InChI is InChI=1S/C8H11O/c1-6-5-7-3-2-4-8(7)9-6/h1,7-8H,2-5H2/q-1. The van der Waals surface area contributed by atoms with Crippen LogP contribution >= 0.6 is 0 Å². The topological polar surface area (TPSA) is 9.23 Å². The maximum absolute atomic E-state index is 5.52. The van der Waals surface area contributed by atoms with Gasteiger partial charge in [-0.1, -0.05) is 5.76 Å². The molecule has 1 heterocycles. The number of allylic oxidation sites excluding steroid dienone is 1. The molecule has 1 aliphatic carbocycles. The van der Waals surface area contributed by atoms with Crippen molar-refractivity contribution in [2.45, 2.75) is 31.8 Å². The molecule has 2 rings (SSSR count). The van der Waals surface area contributed by atoms with Crippen LogP contribution in [0.4, 0.5) is 0 Å². The van der Waals surface area contributed by atoms with Crippen molar-refractivity contribution < 1.29 is 4.74 Å². The van der Waals surface area contributed by atoms with Gasteiger partial charge in [0.05, 0.1) is 6.10 Å². The van der Waals surface area contributed by atoms with Crippen molar-refractivity contribution in [1.29, 1.82) is 0 Å². The third kappa shape index (κ3) is 0.752. The smallest absolute Gasteiger partial charge is 0.0970 e. The van der Waals surface area contributed by atoms with E-state index in [-0.39, 0.29) is 0 Å². The molecule has 1 nitrogen and oxygen atoms in total. The Bertz CT molecular complexity index is 126. The van der Waals surface area contributed by atoms with Gasteiger partial charge in [0.25, 0.3) is 0 Å². The molecule has 1 saturated carbocycles. The molecule has 0 aromatic carbocycles. The van der Waals surface area contributed by atoms with Crippen LogP contribution in [0, 0.1) is 12.5 Å². The lowest BCUT2D eigenvalue weighted by atomic mass is 10.0. The monoisotopic (exact) mass is 123 g/mol. The summed E-state index contributed by atoms with van der Waals surface area (Å²) in [4.78, 5) is 0. The minimum atomic E-state index is 0.491. The summed E-state index contributed by atoms with van der Waals surface area (Å²) in [6, 6.07) is 0. The van der Waals surface area contributed by atoms with Gasteiger partial charge in [-0.2, -0.15) is 0 Å². The van der Waals surface area contributed by atoms with Gasteiger partial charge in [-0.15, -0.1) is 0 Å². The first kappa shape index (κ1) is 5.33. The van der Waals surface area contributed by atoms with Crippen molar-refractivity contribution in [3.63, 3.8) is 0 Å². The zero-order valence-corrected chi connectivity index (χ0v) is 5.47. The highest BCUT2D eigenvalue weighted by Gasteiger charge is 2.32. The summed E-state index contributed by atoms with van der Waals surface area (Å²) >= 11 is 0. The SMILES string of the molecule is [CH-]=C1CC2CCCC2O1. The van der Waals surface area contributed by atoms with Crippen LogP contribution in [0.25, 0.3) is 0 Å². The molecule has 9 heavy (non-hydrogen) atoms. The van der Waals surface area contributed by atoms with E-state index in [0.29, 0.717) is 6.10 Å². The molecule has 1 saturated heterocycles. The molecular weight excluding hydrogens is 112 g/mol. The van der Waals surface area contributed by atoms with E-state index < -0.39 is 0 Å². The van der Waals surface area contributed by atoms with Crippen LogP contribution < -0.4 is 0 Å². The van der Waals surface area contributed by atoms with Crippen molar-refractivity contribution in [3.8, 4) is 0 Å². The van der Waals surface area contributed by atoms with Gasteiger partial charge in [-0.3, -0.25) is 0 Å². The van der Waals surface area contributed by atoms with Crippen LogP contribution in [0.5, 0.6) is 0 Å². The molecule has 2 aliphatic rings. The van der Waals surface area contributed by atoms with Crippen molar-refractivity contribution >= 4 is 0 Å². The van der Waals surface area contributed by atoms with Crippen molar-refractivity contribution in [2.75, 3.05) is 0 Å². The maximum atomic E-state index is 5.52. The average molecular weight is 123 g/mol. The summed E-state index contributed by atoms with van der Waals surface area (Å²) in [5.41, 5.74) is 0. The highest BCUT2D eigenvalue weighted by atomic mass is 16.5. The van der Waals surface area contributed by atoms with Crippen molar-refractivity contribution in [3.05, 3.63) is 12.3 Å². The van der Waals surface area contributed by atoms with Crippen LogP contribution in [-0.4, -0.2) is 6.10 Å². The lowest BCUT2D eigenvalue weighted by Gasteiger charge is -2.09. The summed E-state index contributed by atoms with van der Waals surface area (Å²) in [6.45, 7) is 5.52. The largest absolute Gasteiger partial charge is 0.531 e. The first-order chi connectivity index (χ1) is 4.36. The lowest BCUT2D eigenvalue weighted by Crippen LogP contribution is -2.05. The second-order valence-electron chi connectivity index (χ2n) is 3.02. The predicted octanol–water partition coefficient (Wildman–Crippen LogP) is 1.89. The molecular formula is C8H11O-. The van der Waals surface area contributed by atoms with Gasteiger partial charge in [0.1, 0.15) is 0 Å². The first-order valence-electron chi connectivity index (χ1n) is 3.64. The molecule has 2 atom stereocenters. The molecule has 0 bridgehead atoms. The Labute approximate surface area is 55.7 Å². The van der Waals surface area contributed by atoms with Gasteiger partial charge < -0.3 is 11.3 Å². The number of hydrogen-bond acceptors (Lipinski definition) is 1. The molecule has 0 aromatic rings. The number of hydrogen-bond donors (Lipinski definition) is 0.